The summed E-state index contributed by atoms with van der Waals surface area (Å²) in [6, 6.07) is 0. The van der Waals surface area contributed by atoms with Crippen molar-refractivity contribution in [2.75, 3.05) is 0 Å². The lowest BCUT2D eigenvalue weighted by atomic mass is 10.0. The van der Waals surface area contributed by atoms with Crippen molar-refractivity contribution in [1.82, 2.24) is 0 Å². The van der Waals surface area contributed by atoms with Crippen LogP contribution in [0.4, 0.5) is 0 Å². The third-order valence-electron chi connectivity index (χ3n) is 4.69. The zero-order chi connectivity index (χ0) is 16.5. The molecule has 0 aliphatic carbocycles. The molecule has 22 heavy (non-hydrogen) atoms. The van der Waals surface area contributed by atoms with E-state index in [2.05, 4.69) is 6.92 Å². The van der Waals surface area contributed by atoms with Crippen molar-refractivity contribution >= 4 is 0 Å². The van der Waals surface area contributed by atoms with E-state index < -0.39 is 0 Å². The molecule has 2 N–H and O–H groups in total. The van der Waals surface area contributed by atoms with Crippen molar-refractivity contribution in [3.63, 3.8) is 0 Å². The quantitative estimate of drug-likeness (QED) is 0.324. The Kier molecular flexibility index (Phi) is 17.2. The average molecular weight is 315 g/mol. The lowest BCUT2D eigenvalue weighted by Gasteiger charge is -2.10. The summed E-state index contributed by atoms with van der Waals surface area (Å²) in [5, 5.41) is 19.4. The molecular weight excluding hydrogens is 272 g/mol. The first-order valence-electron chi connectivity index (χ1n) is 10.1. The van der Waals surface area contributed by atoms with E-state index in [1.54, 1.807) is 0 Å². The number of hydrogen-bond donors (Lipinski definition) is 2. The Morgan fingerprint density at radius 1 is 0.500 bits per heavy atom. The Hall–Kier alpha value is -0.0800. The van der Waals surface area contributed by atoms with Crippen LogP contribution in [0.1, 0.15) is 117 Å². The highest BCUT2D eigenvalue weighted by Crippen LogP contribution is 2.14. The van der Waals surface area contributed by atoms with E-state index in [9.17, 15) is 10.2 Å². The van der Waals surface area contributed by atoms with Crippen molar-refractivity contribution < 1.29 is 10.2 Å². The normalized spacial score (nSPS) is 14.2. The summed E-state index contributed by atoms with van der Waals surface area (Å²) in [6.07, 6.45) is 19.0. The topological polar surface area (TPSA) is 40.5 Å². The van der Waals surface area contributed by atoms with Crippen LogP contribution in [0.3, 0.4) is 0 Å². The lowest BCUT2D eigenvalue weighted by molar-refractivity contribution is 0.147. The minimum atomic E-state index is -0.0801. The molecule has 0 aromatic heterocycles. The molecule has 0 saturated carbocycles. The van der Waals surface area contributed by atoms with E-state index in [1.165, 1.54) is 77.0 Å². The number of aliphatic hydroxyl groups is 2. The van der Waals surface area contributed by atoms with Gasteiger partial charge in [-0.15, -0.1) is 0 Å². The molecule has 0 rings (SSSR count). The van der Waals surface area contributed by atoms with E-state index in [1.807, 2.05) is 6.92 Å². The maximum absolute atomic E-state index is 9.93. The second kappa shape index (κ2) is 17.3. The number of aliphatic hydroxyl groups excluding tert-OH is 2. The molecule has 0 bridgehead atoms. The van der Waals surface area contributed by atoms with E-state index in [0.717, 1.165) is 25.7 Å². The van der Waals surface area contributed by atoms with Gasteiger partial charge >= 0.3 is 0 Å². The molecule has 2 unspecified atom stereocenters. The predicted molar refractivity (Wildman–Crippen MR) is 97.2 cm³/mol. The molecule has 0 aromatic rings. The zero-order valence-corrected chi connectivity index (χ0v) is 15.4. The molecule has 0 spiro atoms. The summed E-state index contributed by atoms with van der Waals surface area (Å²) in [7, 11) is 0. The summed E-state index contributed by atoms with van der Waals surface area (Å²) >= 11 is 0. The van der Waals surface area contributed by atoms with Gasteiger partial charge in [0.25, 0.3) is 0 Å². The second-order valence-electron chi connectivity index (χ2n) is 6.97. The Morgan fingerprint density at radius 3 is 1.27 bits per heavy atom. The largest absolute Gasteiger partial charge is 0.393 e. The highest BCUT2D eigenvalue weighted by atomic mass is 16.3. The first-order valence-corrected chi connectivity index (χ1v) is 10.1. The maximum atomic E-state index is 9.93. The molecule has 2 atom stereocenters. The van der Waals surface area contributed by atoms with Gasteiger partial charge in [0.2, 0.25) is 0 Å². The molecule has 0 heterocycles. The lowest BCUT2D eigenvalue weighted by Crippen LogP contribution is -2.05. The first-order chi connectivity index (χ1) is 10.7. The molecule has 0 aliphatic heterocycles. The van der Waals surface area contributed by atoms with Crippen LogP contribution >= 0.6 is 0 Å². The SMILES string of the molecule is CCCCCCCC(O)CCCCCCCCCC(O)CC. The van der Waals surface area contributed by atoms with Gasteiger partial charge in [-0.3, -0.25) is 0 Å². The maximum Gasteiger partial charge on any atom is 0.0540 e. The minimum absolute atomic E-state index is 0.0582. The fourth-order valence-corrected chi connectivity index (χ4v) is 2.98. The highest BCUT2D eigenvalue weighted by Gasteiger charge is 2.04. The summed E-state index contributed by atoms with van der Waals surface area (Å²) in [5.41, 5.74) is 0. The number of hydrogen-bond acceptors (Lipinski definition) is 2. The summed E-state index contributed by atoms with van der Waals surface area (Å²) in [6.45, 7) is 4.29. The fourth-order valence-electron chi connectivity index (χ4n) is 2.98. The van der Waals surface area contributed by atoms with Gasteiger partial charge in [-0.1, -0.05) is 90.9 Å². The van der Waals surface area contributed by atoms with Crippen LogP contribution in [-0.4, -0.2) is 22.4 Å². The van der Waals surface area contributed by atoms with Gasteiger partial charge < -0.3 is 10.2 Å². The van der Waals surface area contributed by atoms with Gasteiger partial charge in [0, 0.05) is 0 Å². The molecule has 2 nitrogen and oxygen atoms in total. The molecule has 2 heteroatoms. The number of rotatable bonds is 17. The average Bonchev–Trinajstić information content (AvgIpc) is 2.52. The van der Waals surface area contributed by atoms with E-state index >= 15 is 0 Å². The van der Waals surface area contributed by atoms with Crippen LogP contribution < -0.4 is 0 Å². The summed E-state index contributed by atoms with van der Waals surface area (Å²) < 4.78 is 0. The smallest absolute Gasteiger partial charge is 0.0540 e. The van der Waals surface area contributed by atoms with Crippen molar-refractivity contribution in [2.24, 2.45) is 0 Å². The van der Waals surface area contributed by atoms with Crippen LogP contribution in [-0.2, 0) is 0 Å². The third-order valence-corrected chi connectivity index (χ3v) is 4.69. The summed E-state index contributed by atoms with van der Waals surface area (Å²) in [5.74, 6) is 0. The van der Waals surface area contributed by atoms with Gasteiger partial charge in [-0.25, -0.2) is 0 Å². The zero-order valence-electron chi connectivity index (χ0n) is 15.4. The molecule has 0 radical (unpaired) electrons. The van der Waals surface area contributed by atoms with Gasteiger partial charge in [-0.2, -0.15) is 0 Å². The third kappa shape index (κ3) is 16.3. The molecule has 0 fully saturated rings. The molecule has 0 saturated heterocycles. The van der Waals surface area contributed by atoms with Gasteiger partial charge in [0.05, 0.1) is 12.2 Å². The van der Waals surface area contributed by atoms with Crippen molar-refractivity contribution in [3.05, 3.63) is 0 Å². The van der Waals surface area contributed by atoms with Gasteiger partial charge in [0.15, 0.2) is 0 Å². The van der Waals surface area contributed by atoms with E-state index in [-0.39, 0.29) is 12.2 Å². The van der Waals surface area contributed by atoms with Crippen LogP contribution in [0, 0.1) is 0 Å². The van der Waals surface area contributed by atoms with E-state index in [4.69, 9.17) is 0 Å². The van der Waals surface area contributed by atoms with Crippen LogP contribution in [0.15, 0.2) is 0 Å². The van der Waals surface area contributed by atoms with Crippen molar-refractivity contribution in [2.45, 2.75) is 129 Å². The molecule has 134 valence electrons. The van der Waals surface area contributed by atoms with Gasteiger partial charge in [-0.05, 0) is 25.7 Å². The Labute approximate surface area is 139 Å². The van der Waals surface area contributed by atoms with Crippen LogP contribution in [0.25, 0.3) is 0 Å². The van der Waals surface area contributed by atoms with Crippen LogP contribution in [0.5, 0.6) is 0 Å². The van der Waals surface area contributed by atoms with Crippen molar-refractivity contribution in [1.29, 1.82) is 0 Å². The molecule has 0 aliphatic rings. The van der Waals surface area contributed by atoms with Crippen molar-refractivity contribution in [3.8, 4) is 0 Å². The highest BCUT2D eigenvalue weighted by molar-refractivity contribution is 4.58. The van der Waals surface area contributed by atoms with Gasteiger partial charge in [0.1, 0.15) is 0 Å². The number of unbranched alkanes of at least 4 members (excludes halogenated alkanes) is 10. The molecule has 0 amide bonds. The molecular formula is C20H42O2. The van der Waals surface area contributed by atoms with Crippen LogP contribution in [0.2, 0.25) is 0 Å². The Bertz CT molecular complexity index is 206. The minimum Gasteiger partial charge on any atom is -0.393 e. The Morgan fingerprint density at radius 2 is 0.864 bits per heavy atom. The Balaban J connectivity index is 3.15. The predicted octanol–water partition coefficient (Wildman–Crippen LogP) is 5.99. The standard InChI is InChI=1S/C20H42O2/c1-3-5-6-10-14-17-20(22)18-15-12-9-7-8-11-13-16-19(21)4-2/h19-22H,3-18H2,1-2H3. The molecule has 0 aromatic carbocycles. The summed E-state index contributed by atoms with van der Waals surface area (Å²) in [4.78, 5) is 0. The second-order valence-corrected chi connectivity index (χ2v) is 6.97. The fraction of sp³-hybridized carbons (Fsp3) is 1.00. The monoisotopic (exact) mass is 314 g/mol. The first kappa shape index (κ1) is 21.9. The van der Waals surface area contributed by atoms with E-state index in [0.29, 0.717) is 0 Å².